The van der Waals surface area contributed by atoms with E-state index in [0.717, 1.165) is 4.47 Å². The second-order valence-corrected chi connectivity index (χ2v) is 5.35. The Balaban J connectivity index is 2.78. The quantitative estimate of drug-likeness (QED) is 0.908. The molecule has 0 aromatic heterocycles. The molecule has 0 spiro atoms. The fourth-order valence-electron chi connectivity index (χ4n) is 1.27. The molecule has 0 aliphatic heterocycles. The average molecular weight is 316 g/mol. The van der Waals surface area contributed by atoms with Crippen molar-refractivity contribution in [2.75, 3.05) is 20.8 Å². The van der Waals surface area contributed by atoms with Gasteiger partial charge < -0.3 is 14.8 Å². The number of carbonyl (C=O) groups is 1. The lowest BCUT2D eigenvalue weighted by Gasteiger charge is -2.23. The first-order valence-corrected chi connectivity index (χ1v) is 6.36. The molecule has 1 amide bonds. The molecule has 18 heavy (non-hydrogen) atoms. The molecule has 0 atom stereocenters. The van der Waals surface area contributed by atoms with Crippen molar-refractivity contribution >= 4 is 21.8 Å². The number of rotatable bonds is 5. The minimum absolute atomic E-state index is 0.161. The van der Waals surface area contributed by atoms with Crippen molar-refractivity contribution in [1.82, 2.24) is 5.32 Å². The first kappa shape index (κ1) is 15.0. The van der Waals surface area contributed by atoms with Gasteiger partial charge in [-0.05, 0) is 48.0 Å². The zero-order valence-electron chi connectivity index (χ0n) is 11.0. The summed E-state index contributed by atoms with van der Waals surface area (Å²) in [5.74, 6) is 0.486. The predicted molar refractivity (Wildman–Crippen MR) is 74.1 cm³/mol. The fourth-order valence-corrected chi connectivity index (χ4v) is 1.69. The normalized spacial score (nSPS) is 11.2. The van der Waals surface area contributed by atoms with E-state index in [1.807, 2.05) is 13.8 Å². The number of halogens is 1. The number of ether oxygens (including phenoxy) is 2. The van der Waals surface area contributed by atoms with Crippen LogP contribution in [0.4, 0.5) is 0 Å². The molecule has 0 saturated heterocycles. The largest absolute Gasteiger partial charge is 0.497 e. The second kappa shape index (κ2) is 6.20. The number of hydrogen-bond acceptors (Lipinski definition) is 3. The highest BCUT2D eigenvalue weighted by Crippen LogP contribution is 2.22. The maximum Gasteiger partial charge on any atom is 0.252 e. The van der Waals surface area contributed by atoms with E-state index in [9.17, 15) is 4.79 Å². The zero-order chi connectivity index (χ0) is 13.8. The topological polar surface area (TPSA) is 47.6 Å². The molecule has 5 heteroatoms. The van der Waals surface area contributed by atoms with Gasteiger partial charge in [0.05, 0.1) is 18.3 Å². The molecule has 0 aliphatic carbocycles. The summed E-state index contributed by atoms with van der Waals surface area (Å²) in [5.41, 5.74) is 0.155. The molecule has 100 valence electrons. The molecule has 1 aromatic rings. The molecule has 1 N–H and O–H groups in total. The van der Waals surface area contributed by atoms with Gasteiger partial charge in [0.25, 0.3) is 5.91 Å². The van der Waals surface area contributed by atoms with Crippen LogP contribution in [0.15, 0.2) is 22.7 Å². The minimum atomic E-state index is -0.388. The second-order valence-electron chi connectivity index (χ2n) is 4.49. The van der Waals surface area contributed by atoms with Crippen LogP contribution in [0.5, 0.6) is 5.75 Å². The molecule has 0 heterocycles. The van der Waals surface area contributed by atoms with Gasteiger partial charge in [0.15, 0.2) is 0 Å². The number of benzene rings is 1. The molecule has 0 radical (unpaired) electrons. The van der Waals surface area contributed by atoms with Crippen molar-refractivity contribution in [3.63, 3.8) is 0 Å². The summed E-state index contributed by atoms with van der Waals surface area (Å²) in [4.78, 5) is 12.0. The van der Waals surface area contributed by atoms with Crippen LogP contribution in [0, 0.1) is 0 Å². The Morgan fingerprint density at radius 1 is 1.39 bits per heavy atom. The summed E-state index contributed by atoms with van der Waals surface area (Å²) in [6.07, 6.45) is 0. The molecule has 0 bridgehead atoms. The Morgan fingerprint density at radius 3 is 2.61 bits per heavy atom. The summed E-state index contributed by atoms with van der Waals surface area (Å²) in [6.45, 7) is 4.26. The van der Waals surface area contributed by atoms with Gasteiger partial charge in [-0.2, -0.15) is 0 Å². The van der Waals surface area contributed by atoms with Crippen molar-refractivity contribution < 1.29 is 14.3 Å². The summed E-state index contributed by atoms with van der Waals surface area (Å²) in [6, 6.07) is 5.27. The standard InChI is InChI=1S/C13H18BrNO3/c1-13(2,18-4)8-15-12(16)10-7-9(17-3)5-6-11(10)14/h5-7H,8H2,1-4H3,(H,15,16). The molecule has 0 aliphatic rings. The summed E-state index contributed by atoms with van der Waals surface area (Å²) < 4.78 is 11.1. The van der Waals surface area contributed by atoms with Gasteiger partial charge in [-0.15, -0.1) is 0 Å². The van der Waals surface area contributed by atoms with E-state index in [1.165, 1.54) is 0 Å². The summed E-state index contributed by atoms with van der Waals surface area (Å²) >= 11 is 3.35. The van der Waals surface area contributed by atoms with E-state index in [4.69, 9.17) is 9.47 Å². The third kappa shape index (κ3) is 3.99. The van der Waals surface area contributed by atoms with E-state index < -0.39 is 0 Å². The van der Waals surface area contributed by atoms with Crippen LogP contribution in [-0.2, 0) is 4.74 Å². The highest BCUT2D eigenvalue weighted by Gasteiger charge is 2.19. The third-order valence-electron chi connectivity index (χ3n) is 2.65. The van der Waals surface area contributed by atoms with Crippen molar-refractivity contribution in [3.8, 4) is 5.75 Å². The highest BCUT2D eigenvalue weighted by atomic mass is 79.9. The van der Waals surface area contributed by atoms with Crippen LogP contribution in [0.25, 0.3) is 0 Å². The lowest BCUT2D eigenvalue weighted by molar-refractivity contribution is 0.0228. The number of methoxy groups -OCH3 is 2. The Morgan fingerprint density at radius 2 is 2.06 bits per heavy atom. The first-order valence-electron chi connectivity index (χ1n) is 5.56. The van der Waals surface area contributed by atoms with Crippen LogP contribution in [0.2, 0.25) is 0 Å². The van der Waals surface area contributed by atoms with Crippen LogP contribution >= 0.6 is 15.9 Å². The van der Waals surface area contributed by atoms with Crippen molar-refractivity contribution in [1.29, 1.82) is 0 Å². The maximum atomic E-state index is 12.0. The number of hydrogen-bond donors (Lipinski definition) is 1. The summed E-state index contributed by atoms with van der Waals surface area (Å²) in [5, 5.41) is 2.83. The lowest BCUT2D eigenvalue weighted by Crippen LogP contribution is -2.39. The average Bonchev–Trinajstić information content (AvgIpc) is 2.36. The minimum Gasteiger partial charge on any atom is -0.497 e. The lowest BCUT2D eigenvalue weighted by atomic mass is 10.1. The fraction of sp³-hybridized carbons (Fsp3) is 0.462. The van der Waals surface area contributed by atoms with Gasteiger partial charge in [-0.3, -0.25) is 4.79 Å². The summed E-state index contributed by atoms with van der Waals surface area (Å²) in [7, 11) is 3.19. The molecule has 1 rings (SSSR count). The number of amides is 1. The zero-order valence-corrected chi connectivity index (χ0v) is 12.6. The smallest absolute Gasteiger partial charge is 0.252 e. The van der Waals surface area contributed by atoms with Gasteiger partial charge in [-0.1, -0.05) is 0 Å². The van der Waals surface area contributed by atoms with E-state index >= 15 is 0 Å². The van der Waals surface area contributed by atoms with Crippen molar-refractivity contribution in [3.05, 3.63) is 28.2 Å². The Hall–Kier alpha value is -1.07. The van der Waals surface area contributed by atoms with Gasteiger partial charge in [0.1, 0.15) is 5.75 Å². The van der Waals surface area contributed by atoms with Crippen LogP contribution < -0.4 is 10.1 Å². The molecular weight excluding hydrogens is 298 g/mol. The molecular formula is C13H18BrNO3. The van der Waals surface area contributed by atoms with Gasteiger partial charge in [0, 0.05) is 18.1 Å². The SMILES string of the molecule is COc1ccc(Br)c(C(=O)NCC(C)(C)OC)c1. The van der Waals surface area contributed by atoms with Crippen molar-refractivity contribution in [2.45, 2.75) is 19.4 Å². The van der Waals surface area contributed by atoms with E-state index in [-0.39, 0.29) is 11.5 Å². The van der Waals surface area contributed by atoms with E-state index in [1.54, 1.807) is 32.4 Å². The van der Waals surface area contributed by atoms with Crippen molar-refractivity contribution in [2.24, 2.45) is 0 Å². The first-order chi connectivity index (χ1) is 8.39. The number of nitrogens with one attached hydrogen (secondary N) is 1. The molecule has 0 fully saturated rings. The van der Waals surface area contributed by atoms with Gasteiger partial charge >= 0.3 is 0 Å². The number of carbonyl (C=O) groups excluding carboxylic acids is 1. The molecule has 0 unspecified atom stereocenters. The van der Waals surface area contributed by atoms with Crippen LogP contribution in [-0.4, -0.2) is 32.3 Å². The highest BCUT2D eigenvalue weighted by molar-refractivity contribution is 9.10. The molecule has 0 saturated carbocycles. The maximum absolute atomic E-state index is 12.0. The Labute approximate surface area is 116 Å². The Bertz CT molecular complexity index is 432. The van der Waals surface area contributed by atoms with E-state index in [0.29, 0.717) is 17.9 Å². The van der Waals surface area contributed by atoms with Crippen LogP contribution in [0.3, 0.4) is 0 Å². The van der Waals surface area contributed by atoms with Crippen LogP contribution in [0.1, 0.15) is 24.2 Å². The molecule has 4 nitrogen and oxygen atoms in total. The monoisotopic (exact) mass is 315 g/mol. The Kier molecular flexibility index (Phi) is 5.16. The predicted octanol–water partition coefficient (Wildman–Crippen LogP) is 2.61. The van der Waals surface area contributed by atoms with E-state index in [2.05, 4.69) is 21.2 Å². The van der Waals surface area contributed by atoms with Gasteiger partial charge in [-0.25, -0.2) is 0 Å². The molecule has 1 aromatic carbocycles. The van der Waals surface area contributed by atoms with Gasteiger partial charge in [0.2, 0.25) is 0 Å². The third-order valence-corrected chi connectivity index (χ3v) is 3.34.